The van der Waals surface area contributed by atoms with Gasteiger partial charge >= 0.3 is 0 Å². The van der Waals surface area contributed by atoms with E-state index in [4.69, 9.17) is 5.26 Å². The Morgan fingerprint density at radius 2 is 2.10 bits per heavy atom. The summed E-state index contributed by atoms with van der Waals surface area (Å²) in [6.07, 6.45) is 0.903. The molecule has 0 aromatic heterocycles. The van der Waals surface area contributed by atoms with Crippen molar-refractivity contribution in [2.24, 2.45) is 5.92 Å². The van der Waals surface area contributed by atoms with Crippen LogP contribution in [0.4, 0.5) is 0 Å². The zero-order valence-electron chi connectivity index (χ0n) is 7.23. The van der Waals surface area contributed by atoms with E-state index in [0.717, 1.165) is 6.42 Å². The molecule has 0 bridgehead atoms. The Morgan fingerprint density at radius 1 is 1.60 bits per heavy atom. The van der Waals surface area contributed by atoms with Crippen LogP contribution in [0.15, 0.2) is 0 Å². The number of nitrogens with zero attached hydrogens (tertiary/aromatic N) is 1. The fourth-order valence-electron chi connectivity index (χ4n) is 0.913. The summed E-state index contributed by atoms with van der Waals surface area (Å²) < 4.78 is 0. The molecule has 0 saturated heterocycles. The lowest BCUT2D eigenvalue weighted by Crippen LogP contribution is -2.37. The van der Waals surface area contributed by atoms with Crippen molar-refractivity contribution in [2.45, 2.75) is 32.7 Å². The van der Waals surface area contributed by atoms with Gasteiger partial charge < -0.3 is 5.32 Å². The van der Waals surface area contributed by atoms with Crippen LogP contribution in [-0.4, -0.2) is 12.6 Å². The van der Waals surface area contributed by atoms with Crippen LogP contribution in [0, 0.1) is 17.2 Å². The van der Waals surface area contributed by atoms with Gasteiger partial charge in [-0.1, -0.05) is 0 Å². The molecule has 1 N–H and O–H groups in total. The van der Waals surface area contributed by atoms with Crippen LogP contribution in [-0.2, 0) is 0 Å². The van der Waals surface area contributed by atoms with Crippen LogP contribution in [0.3, 0.4) is 0 Å². The lowest BCUT2D eigenvalue weighted by Gasteiger charge is -2.24. The standard InChI is InChI=1S/C8H16N2/c1-7(6-9)5-8(2,3)10-4/h7,10H,5H2,1-4H3. The number of rotatable bonds is 3. The molecule has 0 radical (unpaired) electrons. The predicted molar refractivity (Wildman–Crippen MR) is 42.5 cm³/mol. The summed E-state index contributed by atoms with van der Waals surface area (Å²) in [5.74, 6) is 0.141. The maximum absolute atomic E-state index is 8.52. The quantitative estimate of drug-likeness (QED) is 0.645. The summed E-state index contributed by atoms with van der Waals surface area (Å²) in [6, 6.07) is 2.22. The van der Waals surface area contributed by atoms with Gasteiger partial charge in [0.15, 0.2) is 0 Å². The first kappa shape index (κ1) is 9.45. The normalized spacial score (nSPS) is 14.3. The lowest BCUT2D eigenvalue weighted by molar-refractivity contribution is 0.359. The summed E-state index contributed by atoms with van der Waals surface area (Å²) in [6.45, 7) is 6.14. The molecular weight excluding hydrogens is 124 g/mol. The summed E-state index contributed by atoms with van der Waals surface area (Å²) in [4.78, 5) is 0. The summed E-state index contributed by atoms with van der Waals surface area (Å²) in [7, 11) is 1.92. The van der Waals surface area contributed by atoms with Gasteiger partial charge in [-0.05, 0) is 34.2 Å². The molecule has 0 heterocycles. The molecule has 0 amide bonds. The van der Waals surface area contributed by atoms with Gasteiger partial charge in [-0.3, -0.25) is 0 Å². The highest BCUT2D eigenvalue weighted by Gasteiger charge is 2.17. The Morgan fingerprint density at radius 3 is 2.40 bits per heavy atom. The van der Waals surface area contributed by atoms with Crippen LogP contribution in [0.5, 0.6) is 0 Å². The van der Waals surface area contributed by atoms with Crippen molar-refractivity contribution in [3.63, 3.8) is 0 Å². The van der Waals surface area contributed by atoms with E-state index in [1.807, 2.05) is 14.0 Å². The highest BCUT2D eigenvalue weighted by atomic mass is 14.9. The van der Waals surface area contributed by atoms with Crippen LogP contribution < -0.4 is 5.32 Å². The second-order valence-electron chi connectivity index (χ2n) is 3.37. The zero-order valence-corrected chi connectivity index (χ0v) is 7.23. The first-order valence-corrected chi connectivity index (χ1v) is 3.60. The van der Waals surface area contributed by atoms with E-state index in [-0.39, 0.29) is 11.5 Å². The molecule has 0 aromatic rings. The first-order chi connectivity index (χ1) is 4.52. The van der Waals surface area contributed by atoms with Gasteiger partial charge in [0.25, 0.3) is 0 Å². The molecule has 0 aromatic carbocycles. The van der Waals surface area contributed by atoms with E-state index < -0.39 is 0 Å². The molecule has 1 unspecified atom stereocenters. The smallest absolute Gasteiger partial charge is 0.0653 e. The number of nitriles is 1. The van der Waals surface area contributed by atoms with Crippen molar-refractivity contribution in [2.75, 3.05) is 7.05 Å². The third-order valence-corrected chi connectivity index (χ3v) is 1.71. The Kier molecular flexibility index (Phi) is 3.38. The van der Waals surface area contributed by atoms with Crippen molar-refractivity contribution in [1.82, 2.24) is 5.32 Å². The fourth-order valence-corrected chi connectivity index (χ4v) is 0.913. The SMILES string of the molecule is CNC(C)(C)CC(C)C#N. The minimum atomic E-state index is 0.0924. The summed E-state index contributed by atoms with van der Waals surface area (Å²) in [5, 5.41) is 11.7. The van der Waals surface area contributed by atoms with Crippen LogP contribution >= 0.6 is 0 Å². The topological polar surface area (TPSA) is 35.8 Å². The molecule has 2 nitrogen and oxygen atoms in total. The van der Waals surface area contributed by atoms with Gasteiger partial charge in [0.1, 0.15) is 0 Å². The Labute approximate surface area is 63.2 Å². The van der Waals surface area contributed by atoms with Crippen molar-refractivity contribution < 1.29 is 0 Å². The Bertz CT molecular complexity index is 133. The maximum atomic E-state index is 8.52. The molecule has 0 rings (SSSR count). The Hall–Kier alpha value is -0.550. The molecule has 0 aliphatic heterocycles. The average Bonchev–Trinajstić information content (AvgIpc) is 1.87. The predicted octanol–water partition coefficient (Wildman–Crippen LogP) is 1.53. The van der Waals surface area contributed by atoms with Crippen molar-refractivity contribution >= 4 is 0 Å². The van der Waals surface area contributed by atoms with Crippen LogP contribution in [0.25, 0.3) is 0 Å². The first-order valence-electron chi connectivity index (χ1n) is 3.60. The molecule has 1 atom stereocenters. The molecule has 0 spiro atoms. The summed E-state index contributed by atoms with van der Waals surface area (Å²) >= 11 is 0. The van der Waals surface area contributed by atoms with Gasteiger partial charge in [0, 0.05) is 11.5 Å². The van der Waals surface area contributed by atoms with Gasteiger partial charge in [-0.2, -0.15) is 5.26 Å². The molecule has 0 saturated carbocycles. The van der Waals surface area contributed by atoms with Crippen LogP contribution in [0.2, 0.25) is 0 Å². The van der Waals surface area contributed by atoms with Crippen molar-refractivity contribution in [3.05, 3.63) is 0 Å². The molecule has 2 heteroatoms. The molecule has 0 aliphatic carbocycles. The van der Waals surface area contributed by atoms with Crippen molar-refractivity contribution in [3.8, 4) is 6.07 Å². The number of hydrogen-bond acceptors (Lipinski definition) is 2. The average molecular weight is 140 g/mol. The number of nitrogens with one attached hydrogen (secondary N) is 1. The van der Waals surface area contributed by atoms with Crippen LogP contribution in [0.1, 0.15) is 27.2 Å². The zero-order chi connectivity index (χ0) is 8.20. The number of hydrogen-bond donors (Lipinski definition) is 1. The van der Waals surface area contributed by atoms with E-state index in [0.29, 0.717) is 0 Å². The maximum Gasteiger partial charge on any atom is 0.0653 e. The van der Waals surface area contributed by atoms with Gasteiger partial charge in [0.2, 0.25) is 0 Å². The fraction of sp³-hybridized carbons (Fsp3) is 0.875. The van der Waals surface area contributed by atoms with E-state index >= 15 is 0 Å². The van der Waals surface area contributed by atoms with E-state index in [1.165, 1.54) is 0 Å². The molecule has 58 valence electrons. The highest BCUT2D eigenvalue weighted by Crippen LogP contribution is 2.14. The summed E-state index contributed by atoms with van der Waals surface area (Å²) in [5.41, 5.74) is 0.0924. The van der Waals surface area contributed by atoms with Gasteiger partial charge in [0.05, 0.1) is 6.07 Å². The minimum Gasteiger partial charge on any atom is -0.315 e. The van der Waals surface area contributed by atoms with E-state index in [2.05, 4.69) is 25.2 Å². The molecular formula is C8H16N2. The third-order valence-electron chi connectivity index (χ3n) is 1.71. The highest BCUT2D eigenvalue weighted by molar-refractivity contribution is 4.87. The van der Waals surface area contributed by atoms with Crippen molar-refractivity contribution in [1.29, 1.82) is 5.26 Å². The molecule has 0 fully saturated rings. The second kappa shape index (κ2) is 3.58. The lowest BCUT2D eigenvalue weighted by atomic mass is 9.93. The second-order valence-corrected chi connectivity index (χ2v) is 3.37. The Balaban J connectivity index is 3.79. The van der Waals surface area contributed by atoms with Gasteiger partial charge in [-0.25, -0.2) is 0 Å². The van der Waals surface area contributed by atoms with E-state index in [9.17, 15) is 0 Å². The monoisotopic (exact) mass is 140 g/mol. The molecule has 10 heavy (non-hydrogen) atoms. The largest absolute Gasteiger partial charge is 0.315 e. The van der Waals surface area contributed by atoms with E-state index in [1.54, 1.807) is 0 Å². The third kappa shape index (κ3) is 3.47. The minimum absolute atomic E-state index is 0.0924. The molecule has 0 aliphatic rings. The van der Waals surface area contributed by atoms with Gasteiger partial charge in [-0.15, -0.1) is 0 Å².